The molecular weight excluding hydrogens is 204 g/mol. The number of ether oxygens (including phenoxy) is 2. The normalized spacial score (nSPS) is 22.2. The Morgan fingerprint density at radius 1 is 0.812 bits per heavy atom. The van der Waals surface area contributed by atoms with Gasteiger partial charge in [-0.1, -0.05) is 0 Å². The molecule has 0 bridgehead atoms. The summed E-state index contributed by atoms with van der Waals surface area (Å²) in [6, 6.07) is 3.97. The Hall–Kier alpha value is -1.58. The summed E-state index contributed by atoms with van der Waals surface area (Å²) in [5.41, 5.74) is 1.34. The molecule has 0 aromatic heterocycles. The van der Waals surface area contributed by atoms with E-state index < -0.39 is 0 Å². The minimum Gasteiger partial charge on any atom is -0.466 e. The monoisotopic (exact) mass is 220 g/mol. The summed E-state index contributed by atoms with van der Waals surface area (Å²) in [5, 5.41) is 6.63. The minimum absolute atomic E-state index is 0.340. The molecule has 2 aliphatic rings. The van der Waals surface area contributed by atoms with Gasteiger partial charge in [0, 0.05) is 6.07 Å². The Labute approximate surface area is 94.9 Å². The van der Waals surface area contributed by atoms with E-state index in [1.54, 1.807) is 0 Å². The number of anilines is 2. The van der Waals surface area contributed by atoms with Gasteiger partial charge in [-0.15, -0.1) is 0 Å². The fraction of sp³-hybridized carbons (Fsp3) is 0.500. The maximum absolute atomic E-state index is 5.77. The Kier molecular flexibility index (Phi) is 1.54. The molecule has 0 unspecified atom stereocenters. The highest BCUT2D eigenvalue weighted by Crippen LogP contribution is 2.46. The molecule has 4 nitrogen and oxygen atoms in total. The van der Waals surface area contributed by atoms with Gasteiger partial charge in [0.2, 0.25) is 0 Å². The van der Waals surface area contributed by atoms with E-state index in [-0.39, 0.29) is 11.4 Å². The summed E-state index contributed by atoms with van der Waals surface area (Å²) < 4.78 is 11.5. The van der Waals surface area contributed by atoms with Crippen LogP contribution in [0.1, 0.15) is 27.7 Å². The van der Waals surface area contributed by atoms with E-state index in [1.165, 1.54) is 0 Å². The standard InChI is InChI=1S/C12H16N2O2/c1-11(2)13-7-5-8-10(6-9(7)15-11)16-12(3,4)14-8/h5-6,13-14H,1-4H3. The summed E-state index contributed by atoms with van der Waals surface area (Å²) >= 11 is 0. The molecule has 4 heteroatoms. The fourth-order valence-corrected chi connectivity index (χ4v) is 2.17. The SMILES string of the molecule is CC1(C)Nc2cc3c(cc2O1)OC(C)(C)N3. The van der Waals surface area contributed by atoms with Crippen LogP contribution in [0.15, 0.2) is 12.1 Å². The first-order valence-corrected chi connectivity index (χ1v) is 5.47. The highest BCUT2D eigenvalue weighted by Gasteiger charge is 2.35. The third kappa shape index (κ3) is 1.37. The molecule has 86 valence electrons. The number of fused-ring (bicyclic) bond motifs is 2. The van der Waals surface area contributed by atoms with Crippen molar-refractivity contribution in [1.29, 1.82) is 0 Å². The molecule has 1 aromatic rings. The van der Waals surface area contributed by atoms with Gasteiger partial charge in [-0.2, -0.15) is 0 Å². The van der Waals surface area contributed by atoms with Crippen molar-refractivity contribution in [2.24, 2.45) is 0 Å². The van der Waals surface area contributed by atoms with Crippen molar-refractivity contribution in [2.75, 3.05) is 10.6 Å². The van der Waals surface area contributed by atoms with Crippen molar-refractivity contribution in [3.63, 3.8) is 0 Å². The van der Waals surface area contributed by atoms with Crippen LogP contribution in [0.4, 0.5) is 11.4 Å². The molecular formula is C12H16N2O2. The van der Waals surface area contributed by atoms with Crippen LogP contribution < -0.4 is 20.1 Å². The second-order valence-corrected chi connectivity index (χ2v) is 5.32. The van der Waals surface area contributed by atoms with E-state index in [0.717, 1.165) is 22.9 Å². The number of rotatable bonds is 0. The summed E-state index contributed by atoms with van der Waals surface area (Å²) in [7, 11) is 0. The Bertz CT molecular complexity index is 388. The minimum atomic E-state index is -0.340. The zero-order valence-corrected chi connectivity index (χ0v) is 9.97. The Morgan fingerprint density at radius 3 is 1.69 bits per heavy atom. The van der Waals surface area contributed by atoms with Crippen LogP contribution in [-0.4, -0.2) is 11.4 Å². The van der Waals surface area contributed by atoms with Crippen molar-refractivity contribution in [3.8, 4) is 11.5 Å². The van der Waals surface area contributed by atoms with Crippen molar-refractivity contribution in [1.82, 2.24) is 0 Å². The zero-order chi connectivity index (χ0) is 11.6. The molecule has 2 aliphatic heterocycles. The summed E-state index contributed by atoms with van der Waals surface area (Å²) in [4.78, 5) is 0. The average molecular weight is 220 g/mol. The molecule has 16 heavy (non-hydrogen) atoms. The van der Waals surface area contributed by atoms with Crippen molar-refractivity contribution < 1.29 is 9.47 Å². The zero-order valence-electron chi connectivity index (χ0n) is 9.97. The third-order valence-electron chi connectivity index (χ3n) is 2.68. The van der Waals surface area contributed by atoms with Gasteiger partial charge in [0.15, 0.2) is 11.4 Å². The van der Waals surface area contributed by atoms with Crippen LogP contribution in [-0.2, 0) is 0 Å². The van der Waals surface area contributed by atoms with Crippen LogP contribution in [0.2, 0.25) is 0 Å². The lowest BCUT2D eigenvalue weighted by molar-refractivity contribution is 0.153. The first-order valence-electron chi connectivity index (χ1n) is 5.47. The van der Waals surface area contributed by atoms with Gasteiger partial charge in [0.05, 0.1) is 11.4 Å². The van der Waals surface area contributed by atoms with Gasteiger partial charge in [-0.3, -0.25) is 0 Å². The van der Waals surface area contributed by atoms with Gasteiger partial charge in [0.1, 0.15) is 11.5 Å². The highest BCUT2D eigenvalue weighted by atomic mass is 16.5. The summed E-state index contributed by atoms with van der Waals surface area (Å²) in [5.74, 6) is 1.70. The molecule has 2 N–H and O–H groups in total. The molecule has 0 fully saturated rings. The Balaban J connectivity index is 2.02. The second kappa shape index (κ2) is 2.56. The van der Waals surface area contributed by atoms with Crippen LogP contribution in [0.3, 0.4) is 0 Å². The summed E-state index contributed by atoms with van der Waals surface area (Å²) in [6.45, 7) is 7.99. The second-order valence-electron chi connectivity index (χ2n) is 5.32. The first-order chi connectivity index (χ1) is 7.35. The molecule has 0 aliphatic carbocycles. The number of hydrogen-bond acceptors (Lipinski definition) is 4. The van der Waals surface area contributed by atoms with Crippen LogP contribution in [0, 0.1) is 0 Å². The third-order valence-corrected chi connectivity index (χ3v) is 2.68. The van der Waals surface area contributed by atoms with Crippen LogP contribution in [0.5, 0.6) is 11.5 Å². The molecule has 0 atom stereocenters. The molecule has 0 spiro atoms. The van der Waals surface area contributed by atoms with Gasteiger partial charge >= 0.3 is 0 Å². The average Bonchev–Trinajstić information content (AvgIpc) is 2.51. The molecule has 0 amide bonds. The number of nitrogens with one attached hydrogen (secondary N) is 2. The lowest BCUT2D eigenvalue weighted by atomic mass is 10.2. The predicted octanol–water partition coefficient (Wildman–Crippen LogP) is 2.77. The largest absolute Gasteiger partial charge is 0.466 e. The lowest BCUT2D eigenvalue weighted by Crippen LogP contribution is -2.32. The summed E-state index contributed by atoms with van der Waals surface area (Å²) in [6.07, 6.45) is 0. The Morgan fingerprint density at radius 2 is 1.25 bits per heavy atom. The van der Waals surface area contributed by atoms with Gasteiger partial charge in [0.25, 0.3) is 0 Å². The van der Waals surface area contributed by atoms with Crippen LogP contribution >= 0.6 is 0 Å². The molecule has 1 aromatic carbocycles. The quantitative estimate of drug-likeness (QED) is 0.705. The van der Waals surface area contributed by atoms with E-state index in [2.05, 4.69) is 10.6 Å². The van der Waals surface area contributed by atoms with E-state index in [0.29, 0.717) is 0 Å². The van der Waals surface area contributed by atoms with Gasteiger partial charge < -0.3 is 20.1 Å². The molecule has 3 rings (SSSR count). The van der Waals surface area contributed by atoms with Crippen molar-refractivity contribution in [2.45, 2.75) is 39.1 Å². The predicted molar refractivity (Wildman–Crippen MR) is 63.1 cm³/mol. The molecule has 0 radical (unpaired) electrons. The maximum atomic E-state index is 5.77. The van der Waals surface area contributed by atoms with Crippen LogP contribution in [0.25, 0.3) is 0 Å². The lowest BCUT2D eigenvalue weighted by Gasteiger charge is -2.19. The topological polar surface area (TPSA) is 42.5 Å². The van der Waals surface area contributed by atoms with E-state index in [1.807, 2.05) is 39.8 Å². The first kappa shape index (κ1) is 9.63. The van der Waals surface area contributed by atoms with Gasteiger partial charge in [-0.05, 0) is 33.8 Å². The fourth-order valence-electron chi connectivity index (χ4n) is 2.17. The molecule has 2 heterocycles. The molecule has 0 saturated carbocycles. The number of benzene rings is 1. The number of hydrogen-bond donors (Lipinski definition) is 2. The highest BCUT2D eigenvalue weighted by molar-refractivity contribution is 5.75. The van der Waals surface area contributed by atoms with E-state index in [4.69, 9.17) is 9.47 Å². The smallest absolute Gasteiger partial charge is 0.175 e. The van der Waals surface area contributed by atoms with E-state index in [9.17, 15) is 0 Å². The van der Waals surface area contributed by atoms with Gasteiger partial charge in [-0.25, -0.2) is 0 Å². The van der Waals surface area contributed by atoms with E-state index >= 15 is 0 Å². The van der Waals surface area contributed by atoms with Crippen molar-refractivity contribution in [3.05, 3.63) is 12.1 Å². The van der Waals surface area contributed by atoms with Crippen molar-refractivity contribution >= 4 is 11.4 Å². The molecule has 0 saturated heterocycles. The maximum Gasteiger partial charge on any atom is 0.175 e.